The Kier molecular flexibility index (Phi) is 5.40. The SMILES string of the molecule is CCCn1ncnc1-c1cccc(C(=O)N(C)Cc2nnc(CC)o2)c1. The van der Waals surface area contributed by atoms with Crippen molar-refractivity contribution in [1.29, 1.82) is 0 Å². The minimum Gasteiger partial charge on any atom is -0.423 e. The van der Waals surface area contributed by atoms with E-state index in [1.807, 2.05) is 29.8 Å². The van der Waals surface area contributed by atoms with Crippen LogP contribution in [-0.2, 0) is 19.5 Å². The van der Waals surface area contributed by atoms with Crippen molar-refractivity contribution in [2.24, 2.45) is 0 Å². The van der Waals surface area contributed by atoms with Gasteiger partial charge in [0.1, 0.15) is 6.33 Å². The van der Waals surface area contributed by atoms with E-state index in [2.05, 4.69) is 27.2 Å². The number of hydrogen-bond acceptors (Lipinski definition) is 6. The molecule has 0 fully saturated rings. The molecule has 0 saturated heterocycles. The Bertz CT molecular complexity index is 885. The normalized spacial score (nSPS) is 10.9. The smallest absolute Gasteiger partial charge is 0.254 e. The molecule has 1 aromatic carbocycles. The maximum Gasteiger partial charge on any atom is 0.254 e. The molecule has 2 aromatic heterocycles. The fourth-order valence-electron chi connectivity index (χ4n) is 2.64. The van der Waals surface area contributed by atoms with Gasteiger partial charge in [0.2, 0.25) is 11.8 Å². The number of hydrogen-bond donors (Lipinski definition) is 0. The third-order valence-corrected chi connectivity index (χ3v) is 3.95. The van der Waals surface area contributed by atoms with Gasteiger partial charge in [-0.1, -0.05) is 26.0 Å². The zero-order valence-electron chi connectivity index (χ0n) is 15.2. The highest BCUT2D eigenvalue weighted by molar-refractivity contribution is 5.95. The maximum atomic E-state index is 12.8. The number of carbonyl (C=O) groups is 1. The molecule has 0 N–H and O–H groups in total. The third kappa shape index (κ3) is 3.79. The van der Waals surface area contributed by atoms with Crippen LogP contribution in [-0.4, -0.2) is 42.8 Å². The summed E-state index contributed by atoms with van der Waals surface area (Å²) in [7, 11) is 1.71. The van der Waals surface area contributed by atoms with Gasteiger partial charge in [0, 0.05) is 31.1 Å². The second-order valence-corrected chi connectivity index (χ2v) is 5.99. The van der Waals surface area contributed by atoms with Crippen LogP contribution >= 0.6 is 0 Å². The first-order chi connectivity index (χ1) is 12.6. The number of aryl methyl sites for hydroxylation is 2. The molecule has 0 spiro atoms. The molecule has 0 aliphatic rings. The Hall–Kier alpha value is -3.03. The van der Waals surface area contributed by atoms with Gasteiger partial charge < -0.3 is 9.32 Å². The van der Waals surface area contributed by atoms with Crippen molar-refractivity contribution in [1.82, 2.24) is 29.9 Å². The molecule has 8 heteroatoms. The van der Waals surface area contributed by atoms with Crippen molar-refractivity contribution < 1.29 is 9.21 Å². The highest BCUT2D eigenvalue weighted by Crippen LogP contribution is 2.19. The summed E-state index contributed by atoms with van der Waals surface area (Å²) in [6.07, 6.45) is 3.17. The fraction of sp³-hybridized carbons (Fsp3) is 0.389. The molecular formula is C18H22N6O2. The van der Waals surface area contributed by atoms with Gasteiger partial charge in [-0.15, -0.1) is 10.2 Å². The number of rotatable bonds is 7. The summed E-state index contributed by atoms with van der Waals surface area (Å²) < 4.78 is 7.32. The topological polar surface area (TPSA) is 89.9 Å². The quantitative estimate of drug-likeness (QED) is 0.648. The molecule has 3 rings (SSSR count). The molecule has 0 bridgehead atoms. The van der Waals surface area contributed by atoms with Gasteiger partial charge in [0.05, 0.1) is 6.54 Å². The van der Waals surface area contributed by atoms with E-state index in [1.165, 1.54) is 6.33 Å². The summed E-state index contributed by atoms with van der Waals surface area (Å²) in [5, 5.41) is 12.1. The molecule has 0 atom stereocenters. The number of aromatic nitrogens is 5. The summed E-state index contributed by atoms with van der Waals surface area (Å²) in [6, 6.07) is 7.40. The summed E-state index contributed by atoms with van der Waals surface area (Å²) in [4.78, 5) is 18.6. The highest BCUT2D eigenvalue weighted by Gasteiger charge is 2.17. The molecule has 0 aliphatic heterocycles. The first-order valence-corrected chi connectivity index (χ1v) is 8.67. The van der Waals surface area contributed by atoms with E-state index in [0.29, 0.717) is 23.8 Å². The second-order valence-electron chi connectivity index (χ2n) is 5.99. The summed E-state index contributed by atoms with van der Waals surface area (Å²) in [5.41, 5.74) is 1.44. The van der Waals surface area contributed by atoms with E-state index in [0.717, 1.165) is 24.4 Å². The van der Waals surface area contributed by atoms with Crippen molar-refractivity contribution >= 4 is 5.91 Å². The molecule has 136 valence electrons. The molecule has 0 aliphatic carbocycles. The van der Waals surface area contributed by atoms with Crippen molar-refractivity contribution in [3.05, 3.63) is 47.9 Å². The van der Waals surface area contributed by atoms with Gasteiger partial charge in [0.15, 0.2) is 5.82 Å². The van der Waals surface area contributed by atoms with Crippen LogP contribution in [0.25, 0.3) is 11.4 Å². The van der Waals surface area contributed by atoms with Gasteiger partial charge in [-0.05, 0) is 18.6 Å². The lowest BCUT2D eigenvalue weighted by Gasteiger charge is -2.15. The van der Waals surface area contributed by atoms with E-state index in [4.69, 9.17) is 4.42 Å². The first-order valence-electron chi connectivity index (χ1n) is 8.67. The Morgan fingerprint density at radius 1 is 1.23 bits per heavy atom. The lowest BCUT2D eigenvalue weighted by Crippen LogP contribution is -2.26. The molecular weight excluding hydrogens is 332 g/mol. The zero-order valence-corrected chi connectivity index (χ0v) is 15.2. The second kappa shape index (κ2) is 7.90. The van der Waals surface area contributed by atoms with Crippen LogP contribution in [0.5, 0.6) is 0 Å². The highest BCUT2D eigenvalue weighted by atomic mass is 16.4. The van der Waals surface area contributed by atoms with Crippen LogP contribution in [0.4, 0.5) is 0 Å². The van der Waals surface area contributed by atoms with Gasteiger partial charge in [-0.3, -0.25) is 4.79 Å². The monoisotopic (exact) mass is 354 g/mol. The summed E-state index contributed by atoms with van der Waals surface area (Å²) in [5.74, 6) is 1.63. The Labute approximate surface area is 151 Å². The number of benzene rings is 1. The van der Waals surface area contributed by atoms with E-state index < -0.39 is 0 Å². The van der Waals surface area contributed by atoms with Crippen LogP contribution < -0.4 is 0 Å². The van der Waals surface area contributed by atoms with Gasteiger partial charge >= 0.3 is 0 Å². The lowest BCUT2D eigenvalue weighted by atomic mass is 10.1. The third-order valence-electron chi connectivity index (χ3n) is 3.95. The van der Waals surface area contributed by atoms with Crippen molar-refractivity contribution in [3.63, 3.8) is 0 Å². The molecule has 1 amide bonds. The van der Waals surface area contributed by atoms with Crippen molar-refractivity contribution in [2.45, 2.75) is 39.8 Å². The van der Waals surface area contributed by atoms with Crippen LogP contribution in [0, 0.1) is 0 Å². The average molecular weight is 354 g/mol. The largest absolute Gasteiger partial charge is 0.423 e. The Morgan fingerprint density at radius 2 is 2.04 bits per heavy atom. The minimum absolute atomic E-state index is 0.121. The van der Waals surface area contributed by atoms with Gasteiger partial charge in [-0.25, -0.2) is 9.67 Å². The van der Waals surface area contributed by atoms with E-state index in [-0.39, 0.29) is 12.5 Å². The number of nitrogens with zero attached hydrogens (tertiary/aromatic N) is 6. The standard InChI is InChI=1S/C18H22N6O2/c1-4-9-24-17(19-12-20-24)13-7-6-8-14(10-13)18(25)23(3)11-16-22-21-15(5-2)26-16/h6-8,10,12H,4-5,9,11H2,1-3H3. The van der Waals surface area contributed by atoms with Crippen molar-refractivity contribution in [2.75, 3.05) is 7.05 Å². The molecule has 0 saturated carbocycles. The molecule has 0 radical (unpaired) electrons. The van der Waals surface area contributed by atoms with Gasteiger partial charge in [0.25, 0.3) is 5.91 Å². The predicted octanol–water partition coefficient (Wildman–Crippen LogP) is 2.57. The van der Waals surface area contributed by atoms with Crippen LogP contribution in [0.2, 0.25) is 0 Å². The maximum absolute atomic E-state index is 12.8. The van der Waals surface area contributed by atoms with E-state index >= 15 is 0 Å². The molecule has 3 aromatic rings. The van der Waals surface area contributed by atoms with E-state index in [9.17, 15) is 4.79 Å². The Balaban J connectivity index is 1.78. The van der Waals surface area contributed by atoms with E-state index in [1.54, 1.807) is 18.0 Å². The summed E-state index contributed by atoms with van der Waals surface area (Å²) >= 11 is 0. The lowest BCUT2D eigenvalue weighted by molar-refractivity contribution is 0.0772. The fourth-order valence-corrected chi connectivity index (χ4v) is 2.64. The Morgan fingerprint density at radius 3 is 2.77 bits per heavy atom. The predicted molar refractivity (Wildman–Crippen MR) is 95.2 cm³/mol. The van der Waals surface area contributed by atoms with Crippen LogP contribution in [0.15, 0.2) is 35.0 Å². The first kappa shape index (κ1) is 17.8. The molecule has 0 unspecified atom stereocenters. The minimum atomic E-state index is -0.121. The summed E-state index contributed by atoms with van der Waals surface area (Å²) in [6.45, 7) is 5.07. The molecule has 26 heavy (non-hydrogen) atoms. The van der Waals surface area contributed by atoms with Crippen LogP contribution in [0.1, 0.15) is 42.4 Å². The molecule has 2 heterocycles. The van der Waals surface area contributed by atoms with Gasteiger partial charge in [-0.2, -0.15) is 5.10 Å². The van der Waals surface area contributed by atoms with Crippen molar-refractivity contribution in [3.8, 4) is 11.4 Å². The molecule has 8 nitrogen and oxygen atoms in total. The zero-order chi connectivity index (χ0) is 18.5. The van der Waals surface area contributed by atoms with Crippen LogP contribution in [0.3, 0.4) is 0 Å². The number of carbonyl (C=O) groups excluding carboxylic acids is 1. The number of amides is 1. The average Bonchev–Trinajstić information content (AvgIpc) is 3.30.